The van der Waals surface area contributed by atoms with Gasteiger partial charge in [0.1, 0.15) is 0 Å². The Hall–Kier alpha value is -0.0800. The molecule has 0 spiro atoms. The van der Waals surface area contributed by atoms with Gasteiger partial charge in [0.2, 0.25) is 0 Å². The highest BCUT2D eigenvalue weighted by Gasteiger charge is 2.63. The van der Waals surface area contributed by atoms with Crippen LogP contribution in [0.5, 0.6) is 0 Å². The van der Waals surface area contributed by atoms with E-state index in [2.05, 4.69) is 45.3 Å². The minimum atomic E-state index is 0.519. The van der Waals surface area contributed by atoms with E-state index in [-0.39, 0.29) is 0 Å². The first kappa shape index (κ1) is 13.4. The van der Waals surface area contributed by atoms with Crippen molar-refractivity contribution in [2.24, 2.45) is 22.7 Å². The molecule has 1 saturated heterocycles. The zero-order valence-electron chi connectivity index (χ0n) is 12.3. The Balaban J connectivity index is 1.70. The van der Waals surface area contributed by atoms with Crippen LogP contribution in [0.2, 0.25) is 0 Å². The van der Waals surface area contributed by atoms with E-state index in [0.717, 1.165) is 18.4 Å². The first-order valence-electron chi connectivity index (χ1n) is 7.31. The lowest BCUT2D eigenvalue weighted by molar-refractivity contribution is 0.288. The predicted molar refractivity (Wildman–Crippen MR) is 74.1 cm³/mol. The van der Waals surface area contributed by atoms with Crippen LogP contribution in [0.25, 0.3) is 0 Å². The fourth-order valence-corrected chi connectivity index (χ4v) is 3.61. The van der Waals surface area contributed by atoms with Crippen LogP contribution in [-0.4, -0.2) is 25.7 Å². The third kappa shape index (κ3) is 2.39. The molecule has 0 aromatic rings. The summed E-state index contributed by atoms with van der Waals surface area (Å²) in [6.45, 7) is 15.5. The van der Waals surface area contributed by atoms with Crippen molar-refractivity contribution in [3.63, 3.8) is 0 Å². The molecule has 0 bridgehead atoms. The van der Waals surface area contributed by atoms with E-state index < -0.39 is 0 Å². The summed E-state index contributed by atoms with van der Waals surface area (Å²) in [6.07, 6.45) is 2.74. The average molecular weight is 238 g/mol. The highest BCUT2D eigenvalue weighted by Crippen LogP contribution is 2.67. The molecule has 0 amide bonds. The molecule has 2 atom stereocenters. The van der Waals surface area contributed by atoms with Gasteiger partial charge in [-0.1, -0.05) is 34.6 Å². The van der Waals surface area contributed by atoms with Crippen LogP contribution in [0.15, 0.2) is 0 Å². The summed E-state index contributed by atoms with van der Waals surface area (Å²) in [7, 11) is 0. The molecule has 1 aliphatic carbocycles. The van der Waals surface area contributed by atoms with E-state index in [9.17, 15) is 0 Å². The summed E-state index contributed by atoms with van der Waals surface area (Å²) >= 11 is 0. The molecule has 2 fully saturated rings. The molecule has 2 heteroatoms. The van der Waals surface area contributed by atoms with Crippen molar-refractivity contribution in [1.29, 1.82) is 0 Å². The second-order valence-electron chi connectivity index (χ2n) is 7.33. The van der Waals surface area contributed by atoms with E-state index >= 15 is 0 Å². The van der Waals surface area contributed by atoms with Gasteiger partial charge >= 0.3 is 0 Å². The zero-order valence-corrected chi connectivity index (χ0v) is 12.3. The van der Waals surface area contributed by atoms with Gasteiger partial charge in [-0.05, 0) is 48.6 Å². The molecule has 2 aliphatic rings. The van der Waals surface area contributed by atoms with Crippen LogP contribution in [0, 0.1) is 22.7 Å². The number of rotatable bonds is 4. The molecular weight excluding hydrogens is 208 g/mol. The Bertz CT molecular complexity index is 256. The maximum atomic E-state index is 3.70. The maximum absolute atomic E-state index is 3.70. The average Bonchev–Trinajstić information content (AvgIpc) is 2.63. The second-order valence-corrected chi connectivity index (χ2v) is 7.33. The Labute approximate surface area is 107 Å². The van der Waals surface area contributed by atoms with E-state index in [0.29, 0.717) is 16.9 Å². The number of hydrogen-bond donors (Lipinski definition) is 2. The summed E-state index contributed by atoms with van der Waals surface area (Å²) in [5, 5.41) is 7.34. The summed E-state index contributed by atoms with van der Waals surface area (Å²) < 4.78 is 0. The third-order valence-corrected chi connectivity index (χ3v) is 5.96. The van der Waals surface area contributed by atoms with Crippen LogP contribution in [0.1, 0.15) is 47.5 Å². The second kappa shape index (κ2) is 4.55. The molecule has 2 N–H and O–H groups in total. The van der Waals surface area contributed by atoms with Gasteiger partial charge in [0.05, 0.1) is 0 Å². The number of hydrogen-bond acceptors (Lipinski definition) is 2. The lowest BCUT2D eigenvalue weighted by Crippen LogP contribution is -2.47. The fourth-order valence-electron chi connectivity index (χ4n) is 3.61. The molecule has 2 rings (SSSR count). The molecule has 17 heavy (non-hydrogen) atoms. The standard InChI is InChI=1S/C15H30N2/c1-11-7-6-8-17-12(11)9-16-10-13-14(2,3)15(13,4)5/h11-13,16-17H,6-10H2,1-5H3. The quantitative estimate of drug-likeness (QED) is 0.787. The topological polar surface area (TPSA) is 24.1 Å². The normalized spacial score (nSPS) is 35.8. The lowest BCUT2D eigenvalue weighted by atomic mass is 9.93. The molecule has 2 unspecified atom stereocenters. The Morgan fingerprint density at radius 1 is 1.12 bits per heavy atom. The maximum Gasteiger partial charge on any atom is 0.0218 e. The largest absolute Gasteiger partial charge is 0.315 e. The molecule has 1 heterocycles. The van der Waals surface area contributed by atoms with Crippen molar-refractivity contribution in [3.8, 4) is 0 Å². The molecule has 2 nitrogen and oxygen atoms in total. The smallest absolute Gasteiger partial charge is 0.0218 e. The van der Waals surface area contributed by atoms with E-state index in [1.54, 1.807) is 0 Å². The van der Waals surface area contributed by atoms with Crippen LogP contribution >= 0.6 is 0 Å². The van der Waals surface area contributed by atoms with Gasteiger partial charge in [-0.3, -0.25) is 0 Å². The predicted octanol–water partition coefficient (Wildman–Crippen LogP) is 2.65. The molecule has 0 aromatic carbocycles. The first-order chi connectivity index (χ1) is 7.87. The number of piperidine rings is 1. The van der Waals surface area contributed by atoms with Crippen LogP contribution in [0.3, 0.4) is 0 Å². The van der Waals surface area contributed by atoms with Gasteiger partial charge in [0, 0.05) is 12.6 Å². The van der Waals surface area contributed by atoms with Gasteiger partial charge in [-0.2, -0.15) is 0 Å². The lowest BCUT2D eigenvalue weighted by Gasteiger charge is -2.30. The van der Waals surface area contributed by atoms with Crippen molar-refractivity contribution in [2.45, 2.75) is 53.5 Å². The van der Waals surface area contributed by atoms with Gasteiger partial charge in [-0.25, -0.2) is 0 Å². The van der Waals surface area contributed by atoms with Gasteiger partial charge in [-0.15, -0.1) is 0 Å². The highest BCUT2D eigenvalue weighted by atomic mass is 15.0. The van der Waals surface area contributed by atoms with Crippen LogP contribution in [-0.2, 0) is 0 Å². The molecule has 100 valence electrons. The third-order valence-electron chi connectivity index (χ3n) is 5.96. The van der Waals surface area contributed by atoms with Crippen molar-refractivity contribution >= 4 is 0 Å². The minimum Gasteiger partial charge on any atom is -0.315 e. The van der Waals surface area contributed by atoms with E-state index in [4.69, 9.17) is 0 Å². The van der Waals surface area contributed by atoms with Crippen LogP contribution in [0.4, 0.5) is 0 Å². The summed E-state index contributed by atoms with van der Waals surface area (Å²) in [4.78, 5) is 0. The Kier molecular flexibility index (Phi) is 3.57. The minimum absolute atomic E-state index is 0.519. The van der Waals surface area contributed by atoms with Crippen molar-refractivity contribution < 1.29 is 0 Å². The fraction of sp³-hybridized carbons (Fsp3) is 1.00. The first-order valence-corrected chi connectivity index (χ1v) is 7.31. The molecule has 1 aliphatic heterocycles. The SMILES string of the molecule is CC1CCCNC1CNCC1C(C)(C)C1(C)C. The van der Waals surface area contributed by atoms with Crippen LogP contribution < -0.4 is 10.6 Å². The summed E-state index contributed by atoms with van der Waals surface area (Å²) in [6, 6.07) is 0.689. The summed E-state index contributed by atoms with van der Waals surface area (Å²) in [5.74, 6) is 1.67. The Morgan fingerprint density at radius 3 is 2.29 bits per heavy atom. The molecule has 0 radical (unpaired) electrons. The molecular formula is C15H30N2. The zero-order chi connectivity index (χ0) is 12.7. The van der Waals surface area contributed by atoms with E-state index in [1.807, 2.05) is 0 Å². The van der Waals surface area contributed by atoms with Crippen molar-refractivity contribution in [2.75, 3.05) is 19.6 Å². The summed E-state index contributed by atoms with van der Waals surface area (Å²) in [5.41, 5.74) is 1.04. The van der Waals surface area contributed by atoms with Gasteiger partial charge in [0.15, 0.2) is 0 Å². The number of nitrogens with one attached hydrogen (secondary N) is 2. The van der Waals surface area contributed by atoms with Gasteiger partial charge < -0.3 is 10.6 Å². The molecule has 0 aromatic heterocycles. The monoisotopic (exact) mass is 238 g/mol. The molecule has 1 saturated carbocycles. The highest BCUT2D eigenvalue weighted by molar-refractivity contribution is 5.12. The van der Waals surface area contributed by atoms with Gasteiger partial charge in [0.25, 0.3) is 0 Å². The van der Waals surface area contributed by atoms with E-state index in [1.165, 1.54) is 25.9 Å². The van der Waals surface area contributed by atoms with Crippen molar-refractivity contribution in [1.82, 2.24) is 10.6 Å². The van der Waals surface area contributed by atoms with Crippen molar-refractivity contribution in [3.05, 3.63) is 0 Å². The Morgan fingerprint density at radius 2 is 1.76 bits per heavy atom.